The summed E-state index contributed by atoms with van der Waals surface area (Å²) >= 11 is 0. The van der Waals surface area contributed by atoms with Crippen molar-refractivity contribution in [3.05, 3.63) is 66.4 Å². The van der Waals surface area contributed by atoms with Gasteiger partial charge < -0.3 is 5.73 Å². The van der Waals surface area contributed by atoms with E-state index in [-0.39, 0.29) is 0 Å². The fourth-order valence-corrected chi connectivity index (χ4v) is 1.63. The van der Waals surface area contributed by atoms with Gasteiger partial charge in [0.05, 0.1) is 11.9 Å². The standard InChI is InChI=1S/C14H13FN2/c15-17-10-14(16)13-8-6-12(7-9-13)11-4-2-1-3-5-11/h1-10,17H,16H2/b14-10-. The second kappa shape index (κ2) is 5.16. The maximum absolute atomic E-state index is 11.9. The molecule has 0 aliphatic heterocycles. The largest absolute Gasteiger partial charge is 0.397 e. The van der Waals surface area contributed by atoms with Gasteiger partial charge in [0.15, 0.2) is 0 Å². The average molecular weight is 228 g/mol. The lowest BCUT2D eigenvalue weighted by Crippen LogP contribution is -2.00. The summed E-state index contributed by atoms with van der Waals surface area (Å²) in [5.74, 6) is 0. The number of benzene rings is 2. The average Bonchev–Trinajstić information content (AvgIpc) is 2.40. The van der Waals surface area contributed by atoms with Crippen LogP contribution in [0.2, 0.25) is 0 Å². The van der Waals surface area contributed by atoms with Gasteiger partial charge in [-0.2, -0.15) is 0 Å². The molecule has 0 heterocycles. The number of hydrogen-bond acceptors (Lipinski definition) is 2. The van der Waals surface area contributed by atoms with Crippen LogP contribution in [0.4, 0.5) is 4.48 Å². The molecule has 17 heavy (non-hydrogen) atoms. The van der Waals surface area contributed by atoms with Gasteiger partial charge in [-0.15, -0.1) is 4.48 Å². The molecule has 2 nitrogen and oxygen atoms in total. The molecule has 0 amide bonds. The zero-order valence-electron chi connectivity index (χ0n) is 9.23. The summed E-state index contributed by atoms with van der Waals surface area (Å²) < 4.78 is 11.9. The molecule has 3 heteroatoms. The lowest BCUT2D eigenvalue weighted by atomic mass is 10.0. The third-order valence-corrected chi connectivity index (χ3v) is 2.54. The van der Waals surface area contributed by atoms with Crippen LogP contribution in [0, 0.1) is 0 Å². The van der Waals surface area contributed by atoms with Crippen molar-refractivity contribution < 1.29 is 4.48 Å². The van der Waals surface area contributed by atoms with Gasteiger partial charge in [-0.3, -0.25) is 0 Å². The van der Waals surface area contributed by atoms with E-state index in [0.717, 1.165) is 22.9 Å². The first-order valence-electron chi connectivity index (χ1n) is 5.29. The summed E-state index contributed by atoms with van der Waals surface area (Å²) in [5.41, 5.74) is 10.5. The SMILES string of the molecule is N/C(=C\NF)c1ccc(-c2ccccc2)cc1. The number of nitrogens with one attached hydrogen (secondary N) is 1. The van der Waals surface area contributed by atoms with E-state index in [1.807, 2.05) is 54.6 Å². The van der Waals surface area contributed by atoms with E-state index in [1.165, 1.54) is 5.54 Å². The highest BCUT2D eigenvalue weighted by Gasteiger charge is 1.99. The molecular formula is C14H13FN2. The molecule has 3 N–H and O–H groups in total. The minimum Gasteiger partial charge on any atom is -0.397 e. The summed E-state index contributed by atoms with van der Waals surface area (Å²) in [6.45, 7) is 0. The Kier molecular flexibility index (Phi) is 3.40. The van der Waals surface area contributed by atoms with E-state index >= 15 is 0 Å². The number of rotatable bonds is 3. The predicted octanol–water partition coefficient (Wildman–Crippen LogP) is 3.08. The Balaban J connectivity index is 2.28. The molecule has 0 atom stereocenters. The summed E-state index contributed by atoms with van der Waals surface area (Å²) in [6.07, 6.45) is 1.12. The predicted molar refractivity (Wildman–Crippen MR) is 68.3 cm³/mol. The van der Waals surface area contributed by atoms with Crippen LogP contribution in [0.15, 0.2) is 60.8 Å². The lowest BCUT2D eigenvalue weighted by Gasteiger charge is -2.04. The molecule has 0 radical (unpaired) electrons. The Hall–Kier alpha value is -2.29. The number of halogens is 1. The van der Waals surface area contributed by atoms with Crippen LogP contribution < -0.4 is 11.3 Å². The Labute approximate surface area is 99.5 Å². The van der Waals surface area contributed by atoms with E-state index in [1.54, 1.807) is 0 Å². The molecule has 0 spiro atoms. The van der Waals surface area contributed by atoms with E-state index in [9.17, 15) is 4.48 Å². The second-order valence-corrected chi connectivity index (χ2v) is 3.65. The molecule has 2 aromatic carbocycles. The first-order valence-corrected chi connectivity index (χ1v) is 5.29. The Bertz CT molecular complexity index is 504. The molecule has 0 fully saturated rings. The van der Waals surface area contributed by atoms with Crippen molar-refractivity contribution in [2.24, 2.45) is 5.73 Å². The van der Waals surface area contributed by atoms with Crippen molar-refractivity contribution in [3.8, 4) is 11.1 Å². The molecule has 0 aliphatic rings. The van der Waals surface area contributed by atoms with Gasteiger partial charge >= 0.3 is 0 Å². The zero-order chi connectivity index (χ0) is 12.1. The van der Waals surface area contributed by atoms with Gasteiger partial charge in [0.2, 0.25) is 0 Å². The molecule has 0 unspecified atom stereocenters. The Morgan fingerprint density at radius 2 is 1.53 bits per heavy atom. The minimum atomic E-state index is 0.368. The second-order valence-electron chi connectivity index (χ2n) is 3.65. The summed E-state index contributed by atoms with van der Waals surface area (Å²) in [7, 11) is 0. The van der Waals surface area contributed by atoms with Crippen LogP contribution in [0.25, 0.3) is 16.8 Å². The van der Waals surface area contributed by atoms with E-state index < -0.39 is 0 Å². The van der Waals surface area contributed by atoms with Crippen molar-refractivity contribution in [2.45, 2.75) is 0 Å². The smallest absolute Gasteiger partial charge is 0.0574 e. The molecule has 0 saturated heterocycles. The van der Waals surface area contributed by atoms with Crippen molar-refractivity contribution >= 4 is 5.70 Å². The van der Waals surface area contributed by atoms with Crippen molar-refractivity contribution in [1.29, 1.82) is 0 Å². The highest BCUT2D eigenvalue weighted by molar-refractivity contribution is 5.68. The van der Waals surface area contributed by atoms with Gasteiger partial charge in [0.25, 0.3) is 0 Å². The van der Waals surface area contributed by atoms with Crippen molar-refractivity contribution in [2.75, 3.05) is 0 Å². The van der Waals surface area contributed by atoms with Crippen LogP contribution in [-0.4, -0.2) is 0 Å². The van der Waals surface area contributed by atoms with Gasteiger partial charge in [0.1, 0.15) is 0 Å². The molecular weight excluding hydrogens is 215 g/mol. The monoisotopic (exact) mass is 228 g/mol. The van der Waals surface area contributed by atoms with Crippen LogP contribution in [0.1, 0.15) is 5.56 Å². The lowest BCUT2D eigenvalue weighted by molar-refractivity contribution is 0.407. The topological polar surface area (TPSA) is 38.0 Å². The quantitative estimate of drug-likeness (QED) is 0.792. The van der Waals surface area contributed by atoms with Crippen molar-refractivity contribution in [1.82, 2.24) is 5.54 Å². The summed E-state index contributed by atoms with van der Waals surface area (Å²) in [4.78, 5) is 0. The van der Waals surface area contributed by atoms with Gasteiger partial charge in [-0.05, 0) is 16.7 Å². The number of nitrogens with two attached hydrogens (primary N) is 1. The number of hydrogen-bond donors (Lipinski definition) is 2. The molecule has 2 aromatic rings. The van der Waals surface area contributed by atoms with Crippen LogP contribution in [0.3, 0.4) is 0 Å². The third-order valence-electron chi connectivity index (χ3n) is 2.54. The van der Waals surface area contributed by atoms with E-state index in [2.05, 4.69) is 0 Å². The first kappa shape index (κ1) is 11.2. The Morgan fingerprint density at radius 1 is 0.941 bits per heavy atom. The maximum Gasteiger partial charge on any atom is 0.0574 e. The third kappa shape index (κ3) is 2.64. The molecule has 0 aromatic heterocycles. The van der Waals surface area contributed by atoms with Gasteiger partial charge in [-0.1, -0.05) is 54.6 Å². The molecule has 2 rings (SSSR count). The fourth-order valence-electron chi connectivity index (χ4n) is 1.63. The molecule has 0 aliphatic carbocycles. The molecule has 0 bridgehead atoms. The van der Waals surface area contributed by atoms with Crippen LogP contribution >= 0.6 is 0 Å². The van der Waals surface area contributed by atoms with E-state index in [0.29, 0.717) is 5.70 Å². The highest BCUT2D eigenvalue weighted by Crippen LogP contribution is 2.20. The Morgan fingerprint density at radius 3 is 2.12 bits per heavy atom. The first-order chi connectivity index (χ1) is 8.31. The van der Waals surface area contributed by atoms with E-state index in [4.69, 9.17) is 5.73 Å². The van der Waals surface area contributed by atoms with Gasteiger partial charge in [0, 0.05) is 0 Å². The highest BCUT2D eigenvalue weighted by atomic mass is 19.2. The summed E-state index contributed by atoms with van der Waals surface area (Å²) in [6, 6.07) is 17.7. The minimum absolute atomic E-state index is 0.368. The maximum atomic E-state index is 11.9. The fraction of sp³-hybridized carbons (Fsp3) is 0. The molecule has 86 valence electrons. The van der Waals surface area contributed by atoms with Crippen LogP contribution in [-0.2, 0) is 0 Å². The van der Waals surface area contributed by atoms with Gasteiger partial charge in [-0.25, -0.2) is 5.54 Å². The normalized spacial score (nSPS) is 11.2. The van der Waals surface area contributed by atoms with Crippen LogP contribution in [0.5, 0.6) is 0 Å². The zero-order valence-corrected chi connectivity index (χ0v) is 9.23. The molecule has 0 saturated carbocycles. The van der Waals surface area contributed by atoms with Crippen molar-refractivity contribution in [3.63, 3.8) is 0 Å². The summed E-state index contributed by atoms with van der Waals surface area (Å²) in [5, 5.41) is 0.